The van der Waals surface area contributed by atoms with Crippen LogP contribution in [0.15, 0.2) is 24.3 Å². The minimum absolute atomic E-state index is 0.109. The molecule has 12 heteroatoms. The van der Waals surface area contributed by atoms with Crippen LogP contribution in [0.5, 0.6) is 0 Å². The first kappa shape index (κ1) is 49.1. The van der Waals surface area contributed by atoms with Crippen molar-refractivity contribution in [2.45, 2.75) is 121 Å². The molecule has 0 heterocycles. The first-order valence-electron chi connectivity index (χ1n) is 16.8. The molecular formula is C34H66N6O6. The van der Waals surface area contributed by atoms with Crippen molar-refractivity contribution >= 4 is 35.5 Å². The summed E-state index contributed by atoms with van der Waals surface area (Å²) >= 11 is 0. The maximum atomic E-state index is 12.4. The molecule has 1 atom stereocenters. The summed E-state index contributed by atoms with van der Waals surface area (Å²) in [5, 5.41) is 10.4. The second kappa shape index (κ2) is 34.1. The number of amides is 6. The highest BCUT2D eigenvalue weighted by atomic mass is 16.6. The zero-order valence-electron chi connectivity index (χ0n) is 30.8. The summed E-state index contributed by atoms with van der Waals surface area (Å²) < 4.78 is 5.28. The fraction of sp³-hybridized carbons (Fsp3) is 0.676. The fourth-order valence-electron chi connectivity index (χ4n) is 3.16. The maximum Gasteiger partial charge on any atom is 0.409 e. The van der Waals surface area contributed by atoms with Crippen molar-refractivity contribution in [3.05, 3.63) is 29.8 Å². The predicted molar refractivity (Wildman–Crippen MR) is 189 cm³/mol. The summed E-state index contributed by atoms with van der Waals surface area (Å²) in [7, 11) is 1.71. The molecule has 1 rings (SSSR count). The van der Waals surface area contributed by atoms with Gasteiger partial charge in [-0.1, -0.05) is 94.7 Å². The zero-order valence-corrected chi connectivity index (χ0v) is 30.8. The van der Waals surface area contributed by atoms with Crippen molar-refractivity contribution < 1.29 is 28.7 Å². The van der Waals surface area contributed by atoms with Crippen LogP contribution < -0.4 is 27.0 Å². The van der Waals surface area contributed by atoms with E-state index < -0.39 is 18.0 Å². The number of carbonyl (C=O) groups is 5. The number of nitrogens with zero attached hydrogens (tertiary/aromatic N) is 1. The van der Waals surface area contributed by atoms with E-state index in [0.29, 0.717) is 31.6 Å². The van der Waals surface area contributed by atoms with Crippen LogP contribution in [-0.2, 0) is 25.7 Å². The van der Waals surface area contributed by atoms with E-state index in [0.717, 1.165) is 24.8 Å². The number of hydrogen-bond acceptors (Lipinski definition) is 6. The number of benzene rings is 1. The Morgan fingerprint density at radius 1 is 0.826 bits per heavy atom. The minimum atomic E-state index is -0.695. The van der Waals surface area contributed by atoms with Crippen LogP contribution in [0.3, 0.4) is 0 Å². The molecule has 268 valence electrons. The molecule has 1 unspecified atom stereocenters. The number of carbonyl (C=O) groups excluding carboxylic acids is 5. The third-order valence-electron chi connectivity index (χ3n) is 5.47. The Morgan fingerprint density at radius 3 is 1.83 bits per heavy atom. The number of ether oxygens (including phenoxy) is 1. The van der Waals surface area contributed by atoms with Gasteiger partial charge in [-0.25, -0.2) is 9.59 Å². The van der Waals surface area contributed by atoms with Crippen LogP contribution in [-0.4, -0.2) is 67.5 Å². The molecule has 6 amide bonds. The molecule has 0 aliphatic heterocycles. The van der Waals surface area contributed by atoms with E-state index in [9.17, 15) is 24.0 Å². The number of rotatable bonds is 15. The molecule has 6 N–H and O–H groups in total. The molecule has 0 saturated carbocycles. The number of primary amides is 1. The highest BCUT2D eigenvalue weighted by Gasteiger charge is 2.24. The van der Waals surface area contributed by atoms with Crippen molar-refractivity contribution in [3.63, 3.8) is 0 Å². The monoisotopic (exact) mass is 655 g/mol. The van der Waals surface area contributed by atoms with Gasteiger partial charge >= 0.3 is 12.1 Å². The van der Waals surface area contributed by atoms with E-state index in [1.165, 1.54) is 0 Å². The molecule has 0 spiro atoms. The summed E-state index contributed by atoms with van der Waals surface area (Å²) in [4.78, 5) is 59.8. The summed E-state index contributed by atoms with van der Waals surface area (Å²) in [6.07, 6.45) is 3.53. The Kier molecular flexibility index (Phi) is 36.3. The van der Waals surface area contributed by atoms with Crippen molar-refractivity contribution in [2.24, 2.45) is 11.7 Å². The van der Waals surface area contributed by atoms with Gasteiger partial charge in [-0.15, -0.1) is 0 Å². The van der Waals surface area contributed by atoms with Crippen molar-refractivity contribution in [2.75, 3.05) is 32.0 Å². The van der Waals surface area contributed by atoms with Gasteiger partial charge in [0.1, 0.15) is 12.6 Å². The molecule has 0 aromatic heterocycles. The topological polar surface area (TPSA) is 172 Å². The molecule has 0 bridgehead atoms. The number of urea groups is 1. The van der Waals surface area contributed by atoms with Gasteiger partial charge in [-0.3, -0.25) is 14.4 Å². The normalized spacial score (nSPS) is 9.85. The van der Waals surface area contributed by atoms with Gasteiger partial charge in [-0.2, -0.15) is 0 Å². The molecule has 1 aromatic rings. The first-order chi connectivity index (χ1) is 21.9. The molecule has 0 radical (unpaired) electrons. The average Bonchev–Trinajstić information content (AvgIpc) is 3.06. The Morgan fingerprint density at radius 2 is 1.39 bits per heavy atom. The first-order valence-corrected chi connectivity index (χ1v) is 16.8. The van der Waals surface area contributed by atoms with Crippen LogP contribution in [0.25, 0.3) is 0 Å². The second-order valence-electron chi connectivity index (χ2n) is 9.62. The molecular weight excluding hydrogens is 588 g/mol. The lowest BCUT2D eigenvalue weighted by Crippen LogP contribution is -2.50. The number of anilines is 1. The maximum absolute atomic E-state index is 12.4. The molecule has 0 fully saturated rings. The van der Waals surface area contributed by atoms with Crippen molar-refractivity contribution in [1.29, 1.82) is 0 Å². The number of unbranched alkanes of at least 4 members (excludes halogenated alkanes) is 1. The summed E-state index contributed by atoms with van der Waals surface area (Å²) in [6.45, 7) is 22.8. The smallest absolute Gasteiger partial charge is 0.409 e. The SMILES string of the molecule is CC.CC.CC.CCCCN(C)C(=O)OCc1ccc(NC(=O)CNC(=O)C(NC(=O)CCC)C(C)C)cc1.CCCNC(N)=O. The molecule has 46 heavy (non-hydrogen) atoms. The van der Waals surface area contributed by atoms with E-state index in [1.54, 1.807) is 36.2 Å². The van der Waals surface area contributed by atoms with E-state index in [1.807, 2.05) is 69.2 Å². The lowest BCUT2D eigenvalue weighted by atomic mass is 10.0. The third kappa shape index (κ3) is 27.7. The highest BCUT2D eigenvalue weighted by molar-refractivity contribution is 5.96. The molecule has 12 nitrogen and oxygen atoms in total. The van der Waals surface area contributed by atoms with Gasteiger partial charge in [0.05, 0.1) is 6.54 Å². The van der Waals surface area contributed by atoms with E-state index >= 15 is 0 Å². The summed E-state index contributed by atoms with van der Waals surface area (Å²) in [5.74, 6) is -1.08. The Balaban J connectivity index is -0.000000580. The second-order valence-corrected chi connectivity index (χ2v) is 9.62. The third-order valence-corrected chi connectivity index (χ3v) is 5.47. The molecule has 0 aliphatic rings. The van der Waals surface area contributed by atoms with E-state index in [2.05, 4.69) is 28.2 Å². The van der Waals surface area contributed by atoms with Crippen LogP contribution in [0.2, 0.25) is 0 Å². The number of hydrogen-bond donors (Lipinski definition) is 5. The lowest BCUT2D eigenvalue weighted by molar-refractivity contribution is -0.130. The standard InChI is InChI=1S/C24H38N4O5.C4H10N2O.3C2H6/c1-6-8-14-28(5)24(32)33-16-18-10-12-19(13-11-18)26-21(30)15-25-23(31)22(17(3)4)27-20(29)9-7-2;1-2-3-6-4(5)7;3*1-2/h10-13,17,22H,6-9,14-16H2,1-5H3,(H,25,31)(H,26,30)(H,27,29);2-3H2,1H3,(H3,5,6,7);3*1-2H3. The number of nitrogens with two attached hydrogens (primary N) is 1. The Labute approximate surface area is 279 Å². The van der Waals surface area contributed by atoms with Gasteiger partial charge in [0.25, 0.3) is 0 Å². The van der Waals surface area contributed by atoms with Gasteiger partial charge in [-0.05, 0) is 42.9 Å². The van der Waals surface area contributed by atoms with E-state index in [4.69, 9.17) is 10.5 Å². The molecule has 1 aromatic carbocycles. The largest absolute Gasteiger partial charge is 0.445 e. The average molecular weight is 655 g/mol. The summed E-state index contributed by atoms with van der Waals surface area (Å²) in [5.41, 5.74) is 6.08. The van der Waals surface area contributed by atoms with Crippen LogP contribution in [0, 0.1) is 5.92 Å². The Hall–Kier alpha value is -3.83. The Bertz CT molecular complexity index is 925. The summed E-state index contributed by atoms with van der Waals surface area (Å²) in [6, 6.07) is 5.77. The quantitative estimate of drug-likeness (QED) is 0.151. The number of nitrogens with one attached hydrogen (secondary N) is 4. The van der Waals surface area contributed by atoms with Crippen LogP contribution in [0.4, 0.5) is 15.3 Å². The fourth-order valence-corrected chi connectivity index (χ4v) is 3.16. The van der Waals surface area contributed by atoms with E-state index in [-0.39, 0.29) is 37.0 Å². The van der Waals surface area contributed by atoms with Gasteiger partial charge < -0.3 is 36.6 Å². The molecule has 0 aliphatic carbocycles. The van der Waals surface area contributed by atoms with Gasteiger partial charge in [0, 0.05) is 32.2 Å². The van der Waals surface area contributed by atoms with Gasteiger partial charge in [0.2, 0.25) is 17.7 Å². The van der Waals surface area contributed by atoms with Crippen molar-refractivity contribution in [3.8, 4) is 0 Å². The van der Waals surface area contributed by atoms with Crippen molar-refractivity contribution in [1.82, 2.24) is 20.9 Å². The highest BCUT2D eigenvalue weighted by Crippen LogP contribution is 2.11. The van der Waals surface area contributed by atoms with Crippen LogP contribution >= 0.6 is 0 Å². The minimum Gasteiger partial charge on any atom is -0.445 e. The van der Waals surface area contributed by atoms with Gasteiger partial charge in [0.15, 0.2) is 0 Å². The van der Waals surface area contributed by atoms with Crippen LogP contribution in [0.1, 0.15) is 114 Å². The zero-order chi connectivity index (χ0) is 36.5. The molecule has 0 saturated heterocycles. The lowest BCUT2D eigenvalue weighted by Gasteiger charge is -2.21. The predicted octanol–water partition coefficient (Wildman–Crippen LogP) is 6.19.